The Labute approximate surface area is 163 Å². The van der Waals surface area contributed by atoms with E-state index in [0.29, 0.717) is 5.57 Å². The second kappa shape index (κ2) is 6.50. The molecule has 134 valence electrons. The average molecular weight is 362 g/mol. The predicted molar refractivity (Wildman–Crippen MR) is 115 cm³/mol. The normalized spacial score (nSPS) is 18.0. The zero-order chi connectivity index (χ0) is 19.1. The fourth-order valence-electron chi connectivity index (χ4n) is 3.77. The summed E-state index contributed by atoms with van der Waals surface area (Å²) < 4.78 is 6.19. The molecule has 5 rings (SSSR count). The number of hydrogen-bond donors (Lipinski definition) is 0. The predicted octanol–water partition coefficient (Wildman–Crippen LogP) is 6.20. The van der Waals surface area contributed by atoms with Crippen LogP contribution in [0.25, 0.3) is 28.5 Å². The van der Waals surface area contributed by atoms with Crippen molar-refractivity contribution >= 4 is 34.3 Å². The van der Waals surface area contributed by atoms with E-state index in [9.17, 15) is 4.79 Å². The van der Waals surface area contributed by atoms with Gasteiger partial charge in [0.1, 0.15) is 11.5 Å². The van der Waals surface area contributed by atoms with Crippen molar-refractivity contribution in [1.29, 1.82) is 0 Å². The first-order chi connectivity index (χ1) is 13.7. The van der Waals surface area contributed by atoms with Crippen LogP contribution in [0.1, 0.15) is 23.6 Å². The molecule has 0 saturated carbocycles. The summed E-state index contributed by atoms with van der Waals surface area (Å²) in [6.07, 6.45) is 9.50. The average Bonchev–Trinajstić information content (AvgIpc) is 2.75. The lowest BCUT2D eigenvalue weighted by atomic mass is 9.90. The van der Waals surface area contributed by atoms with E-state index in [-0.39, 0.29) is 5.78 Å². The van der Waals surface area contributed by atoms with Crippen molar-refractivity contribution in [2.75, 3.05) is 0 Å². The van der Waals surface area contributed by atoms with Gasteiger partial charge >= 0.3 is 0 Å². The minimum Gasteiger partial charge on any atom is -0.456 e. The summed E-state index contributed by atoms with van der Waals surface area (Å²) in [5, 5.41) is 2.37. The van der Waals surface area contributed by atoms with Gasteiger partial charge in [-0.3, -0.25) is 4.79 Å². The number of rotatable bonds is 1. The molecular formula is C26H18O2. The summed E-state index contributed by atoms with van der Waals surface area (Å²) >= 11 is 0. The van der Waals surface area contributed by atoms with Crippen LogP contribution in [-0.2, 0) is 4.79 Å². The van der Waals surface area contributed by atoms with Crippen molar-refractivity contribution in [3.8, 4) is 5.75 Å². The Kier molecular flexibility index (Phi) is 3.84. The van der Waals surface area contributed by atoms with Gasteiger partial charge in [0.15, 0.2) is 5.78 Å². The largest absolute Gasteiger partial charge is 0.456 e. The molecule has 2 heteroatoms. The number of carbonyl (C=O) groups is 1. The lowest BCUT2D eigenvalue weighted by molar-refractivity contribution is -0.109. The maximum absolute atomic E-state index is 12.5. The van der Waals surface area contributed by atoms with Gasteiger partial charge in [0, 0.05) is 11.1 Å². The van der Waals surface area contributed by atoms with Crippen molar-refractivity contribution in [3.63, 3.8) is 0 Å². The van der Waals surface area contributed by atoms with Crippen LogP contribution in [0.5, 0.6) is 5.75 Å². The maximum atomic E-state index is 12.5. The van der Waals surface area contributed by atoms with Gasteiger partial charge in [-0.05, 0) is 64.8 Å². The molecule has 0 fully saturated rings. The molecule has 1 heterocycles. The van der Waals surface area contributed by atoms with Crippen LogP contribution in [0, 0.1) is 0 Å². The van der Waals surface area contributed by atoms with Gasteiger partial charge in [-0.15, -0.1) is 0 Å². The van der Waals surface area contributed by atoms with Crippen LogP contribution < -0.4 is 4.74 Å². The van der Waals surface area contributed by atoms with E-state index in [0.717, 1.165) is 33.8 Å². The van der Waals surface area contributed by atoms with E-state index in [2.05, 4.69) is 24.3 Å². The van der Waals surface area contributed by atoms with Crippen molar-refractivity contribution in [2.24, 2.45) is 0 Å². The van der Waals surface area contributed by atoms with E-state index < -0.39 is 0 Å². The van der Waals surface area contributed by atoms with Gasteiger partial charge < -0.3 is 4.74 Å². The van der Waals surface area contributed by atoms with Crippen LogP contribution in [0.4, 0.5) is 0 Å². The van der Waals surface area contributed by atoms with Crippen molar-refractivity contribution < 1.29 is 9.53 Å². The Morgan fingerprint density at radius 1 is 0.857 bits per heavy atom. The first-order valence-corrected chi connectivity index (χ1v) is 9.33. The van der Waals surface area contributed by atoms with Crippen molar-refractivity contribution in [2.45, 2.75) is 6.92 Å². The van der Waals surface area contributed by atoms with Gasteiger partial charge in [-0.25, -0.2) is 0 Å². The van der Waals surface area contributed by atoms with Crippen LogP contribution in [0.2, 0.25) is 0 Å². The number of allylic oxidation sites excluding steroid dienone is 5. The third kappa shape index (κ3) is 2.71. The van der Waals surface area contributed by atoms with Crippen LogP contribution in [0.3, 0.4) is 0 Å². The van der Waals surface area contributed by atoms with Crippen LogP contribution in [0.15, 0.2) is 90.2 Å². The first-order valence-electron chi connectivity index (χ1n) is 9.33. The maximum Gasteiger partial charge on any atom is 0.186 e. The van der Waals surface area contributed by atoms with Crippen molar-refractivity contribution in [3.05, 3.63) is 107 Å². The number of ketones is 1. The number of hydrogen-bond acceptors (Lipinski definition) is 2. The molecule has 0 bridgehead atoms. The Morgan fingerprint density at radius 2 is 1.68 bits per heavy atom. The molecule has 3 aromatic carbocycles. The third-order valence-corrected chi connectivity index (χ3v) is 5.23. The highest BCUT2D eigenvalue weighted by Crippen LogP contribution is 2.35. The van der Waals surface area contributed by atoms with E-state index >= 15 is 0 Å². The summed E-state index contributed by atoms with van der Waals surface area (Å²) in [5.74, 6) is 1.61. The molecule has 3 aromatic rings. The molecule has 0 unspecified atom stereocenters. The summed E-state index contributed by atoms with van der Waals surface area (Å²) in [7, 11) is 0. The van der Waals surface area contributed by atoms with Gasteiger partial charge in [0.25, 0.3) is 0 Å². The molecule has 2 aliphatic rings. The molecule has 0 amide bonds. The van der Waals surface area contributed by atoms with E-state index in [1.807, 2.05) is 67.6 Å². The smallest absolute Gasteiger partial charge is 0.186 e. The third-order valence-electron chi connectivity index (χ3n) is 5.23. The Balaban J connectivity index is 1.58. The van der Waals surface area contributed by atoms with Gasteiger partial charge in [-0.2, -0.15) is 0 Å². The molecule has 0 saturated heterocycles. The number of fused-ring (bicyclic) bond motifs is 4. The quantitative estimate of drug-likeness (QED) is 0.482. The molecule has 2 nitrogen and oxygen atoms in total. The molecule has 1 aliphatic carbocycles. The Morgan fingerprint density at radius 3 is 2.61 bits per heavy atom. The van der Waals surface area contributed by atoms with Crippen LogP contribution >= 0.6 is 0 Å². The lowest BCUT2D eigenvalue weighted by Gasteiger charge is -2.19. The summed E-state index contributed by atoms with van der Waals surface area (Å²) in [4.78, 5) is 12.5. The monoisotopic (exact) mass is 362 g/mol. The van der Waals surface area contributed by atoms with E-state index in [4.69, 9.17) is 4.74 Å². The Bertz CT molecular complexity index is 1250. The summed E-state index contributed by atoms with van der Waals surface area (Å²) in [6, 6.07) is 20.3. The number of ether oxygens (including phenoxy) is 1. The SMILES string of the molecule is CC(C=C1C(=O)C=Cc2ccccc21)=C1C=Cc2c(ccc3ccccc23)O1. The molecule has 0 radical (unpaired) electrons. The molecular weight excluding hydrogens is 344 g/mol. The summed E-state index contributed by atoms with van der Waals surface area (Å²) in [5.41, 5.74) is 4.72. The fraction of sp³-hybridized carbons (Fsp3) is 0.0385. The second-order valence-electron chi connectivity index (χ2n) is 7.02. The zero-order valence-corrected chi connectivity index (χ0v) is 15.5. The van der Waals surface area contributed by atoms with Crippen molar-refractivity contribution in [1.82, 2.24) is 0 Å². The standard InChI is InChI=1S/C26H18O2/c1-17(16-23-21-9-5-3-6-18(21)10-13-24(23)27)25-15-12-22-20-8-4-2-7-19(20)11-14-26(22)28-25/h2-16H,1H3. The van der Waals surface area contributed by atoms with Gasteiger partial charge in [-0.1, -0.05) is 60.7 Å². The second-order valence-corrected chi connectivity index (χ2v) is 7.02. The zero-order valence-electron chi connectivity index (χ0n) is 15.5. The number of benzene rings is 3. The van der Waals surface area contributed by atoms with Gasteiger partial charge in [0.2, 0.25) is 0 Å². The highest BCUT2D eigenvalue weighted by molar-refractivity contribution is 6.30. The molecule has 0 aromatic heterocycles. The van der Waals surface area contributed by atoms with Gasteiger partial charge in [0.05, 0.1) is 0 Å². The molecule has 0 N–H and O–H groups in total. The Hall–Kier alpha value is -3.65. The molecule has 0 atom stereocenters. The number of carbonyl (C=O) groups excluding carboxylic acids is 1. The topological polar surface area (TPSA) is 26.3 Å². The highest BCUT2D eigenvalue weighted by atomic mass is 16.5. The van der Waals surface area contributed by atoms with E-state index in [1.54, 1.807) is 6.08 Å². The minimum atomic E-state index is 0.0184. The van der Waals surface area contributed by atoms with E-state index in [1.165, 1.54) is 10.8 Å². The molecule has 28 heavy (non-hydrogen) atoms. The molecule has 0 spiro atoms. The first kappa shape index (κ1) is 16.5. The fourth-order valence-corrected chi connectivity index (χ4v) is 3.77. The molecule has 1 aliphatic heterocycles. The highest BCUT2D eigenvalue weighted by Gasteiger charge is 2.18. The minimum absolute atomic E-state index is 0.0184. The lowest BCUT2D eigenvalue weighted by Crippen LogP contribution is -2.06. The summed E-state index contributed by atoms with van der Waals surface area (Å²) in [6.45, 7) is 1.98. The van der Waals surface area contributed by atoms with Crippen LogP contribution in [-0.4, -0.2) is 5.78 Å².